The van der Waals surface area contributed by atoms with E-state index in [9.17, 15) is 4.79 Å². The van der Waals surface area contributed by atoms with E-state index in [2.05, 4.69) is 10.3 Å². The normalized spacial score (nSPS) is 15.2. The highest BCUT2D eigenvalue weighted by molar-refractivity contribution is 14.0. The molecule has 0 saturated carbocycles. The highest BCUT2D eigenvalue weighted by atomic mass is 127. The topological polar surface area (TPSA) is 89.2 Å². The number of guanidine groups is 1. The van der Waals surface area contributed by atoms with Crippen molar-refractivity contribution in [1.82, 2.24) is 10.2 Å². The Morgan fingerprint density at radius 1 is 1.42 bits per heavy atom. The minimum absolute atomic E-state index is 0. The Balaban J connectivity index is 0.00000338. The van der Waals surface area contributed by atoms with E-state index >= 15 is 0 Å². The van der Waals surface area contributed by atoms with Crippen LogP contribution in [0, 0.1) is 0 Å². The van der Waals surface area contributed by atoms with Gasteiger partial charge in [-0.2, -0.15) is 0 Å². The van der Waals surface area contributed by atoms with E-state index in [4.69, 9.17) is 26.8 Å². The quantitative estimate of drug-likeness (QED) is 0.274. The van der Waals surface area contributed by atoms with Crippen molar-refractivity contribution in [1.29, 1.82) is 0 Å². The van der Waals surface area contributed by atoms with Gasteiger partial charge in [0.05, 0.1) is 13.2 Å². The molecule has 1 fully saturated rings. The zero-order chi connectivity index (χ0) is 18.1. The number of amides is 1. The molecule has 26 heavy (non-hydrogen) atoms. The number of aliphatic imine (C=N–C) groups is 1. The van der Waals surface area contributed by atoms with Crippen molar-refractivity contribution in [3.05, 3.63) is 29.3 Å². The van der Waals surface area contributed by atoms with Gasteiger partial charge in [0.1, 0.15) is 12.4 Å². The maximum Gasteiger partial charge on any atom is 0.409 e. The Labute approximate surface area is 176 Å². The zero-order valence-electron chi connectivity index (χ0n) is 14.8. The summed E-state index contributed by atoms with van der Waals surface area (Å²) >= 11 is 5.89. The van der Waals surface area contributed by atoms with Crippen LogP contribution in [0.2, 0.25) is 5.02 Å². The lowest BCUT2D eigenvalue weighted by molar-refractivity contribution is 0.0963. The first-order valence-corrected chi connectivity index (χ1v) is 8.82. The van der Waals surface area contributed by atoms with Crippen LogP contribution < -0.4 is 15.8 Å². The first-order valence-electron chi connectivity index (χ1n) is 8.45. The van der Waals surface area contributed by atoms with E-state index < -0.39 is 0 Å². The van der Waals surface area contributed by atoms with E-state index in [1.54, 1.807) is 24.0 Å². The first kappa shape index (κ1) is 22.6. The standard InChI is InChI=1S/C17H25ClN4O3.HI/c1-2-24-17(23)22-9-6-14(7-10-22)21-16(19)20-8-11-25-15-5-3-4-13(18)12-15;/h3-5,12,14H,2,6-11H2,1H3,(H3,19,20,21);1H. The number of likely N-dealkylation sites (tertiary alicyclic amines) is 1. The van der Waals surface area contributed by atoms with Crippen molar-refractivity contribution < 1.29 is 14.3 Å². The summed E-state index contributed by atoms with van der Waals surface area (Å²) in [6.07, 6.45) is 1.38. The summed E-state index contributed by atoms with van der Waals surface area (Å²) in [6.45, 7) is 4.38. The van der Waals surface area contributed by atoms with Crippen molar-refractivity contribution in [2.75, 3.05) is 32.8 Å². The first-order chi connectivity index (χ1) is 12.1. The number of rotatable bonds is 6. The molecule has 1 amide bonds. The third-order valence-corrected chi connectivity index (χ3v) is 4.05. The molecule has 0 radical (unpaired) electrons. The van der Waals surface area contributed by atoms with Crippen LogP contribution >= 0.6 is 35.6 Å². The molecule has 0 atom stereocenters. The van der Waals surface area contributed by atoms with Crippen molar-refractivity contribution in [2.24, 2.45) is 10.7 Å². The van der Waals surface area contributed by atoms with E-state index in [1.807, 2.05) is 12.1 Å². The number of halogens is 2. The number of nitrogens with zero attached hydrogens (tertiary/aromatic N) is 2. The molecule has 1 aliphatic heterocycles. The second kappa shape index (κ2) is 12.1. The Kier molecular flexibility index (Phi) is 10.5. The van der Waals surface area contributed by atoms with Gasteiger partial charge in [-0.15, -0.1) is 24.0 Å². The fraction of sp³-hybridized carbons (Fsp3) is 0.529. The van der Waals surface area contributed by atoms with Crippen LogP contribution in [0.1, 0.15) is 19.8 Å². The van der Waals surface area contributed by atoms with Crippen LogP contribution in [-0.2, 0) is 4.74 Å². The number of carbonyl (C=O) groups is 1. The van der Waals surface area contributed by atoms with Gasteiger partial charge in [-0.3, -0.25) is 0 Å². The molecule has 3 N–H and O–H groups in total. The molecule has 0 bridgehead atoms. The van der Waals surface area contributed by atoms with E-state index in [0.29, 0.717) is 49.6 Å². The summed E-state index contributed by atoms with van der Waals surface area (Å²) in [7, 11) is 0. The van der Waals surface area contributed by atoms with Gasteiger partial charge in [-0.25, -0.2) is 9.79 Å². The molecular weight excluding hydrogens is 471 g/mol. The fourth-order valence-corrected chi connectivity index (χ4v) is 2.74. The van der Waals surface area contributed by atoms with Crippen LogP contribution in [0.15, 0.2) is 29.3 Å². The molecule has 2 rings (SSSR count). The van der Waals surface area contributed by atoms with Gasteiger partial charge in [0.2, 0.25) is 0 Å². The molecule has 9 heteroatoms. The second-order valence-corrected chi connectivity index (χ2v) is 6.11. The van der Waals surface area contributed by atoms with Crippen molar-refractivity contribution in [3.63, 3.8) is 0 Å². The largest absolute Gasteiger partial charge is 0.492 e. The van der Waals surface area contributed by atoms with Crippen LogP contribution in [0.3, 0.4) is 0 Å². The maximum atomic E-state index is 11.7. The van der Waals surface area contributed by atoms with E-state index in [0.717, 1.165) is 12.8 Å². The average Bonchev–Trinajstić information content (AvgIpc) is 2.60. The summed E-state index contributed by atoms with van der Waals surface area (Å²) < 4.78 is 10.6. The van der Waals surface area contributed by atoms with Crippen LogP contribution in [0.25, 0.3) is 0 Å². The highest BCUT2D eigenvalue weighted by Crippen LogP contribution is 2.16. The van der Waals surface area contributed by atoms with Gasteiger partial charge in [-0.05, 0) is 38.0 Å². The molecule has 1 aromatic rings. The number of nitrogens with one attached hydrogen (secondary N) is 1. The molecule has 0 aliphatic carbocycles. The molecule has 1 aromatic carbocycles. The molecule has 0 unspecified atom stereocenters. The van der Waals surface area contributed by atoms with Crippen molar-refractivity contribution in [3.8, 4) is 5.75 Å². The third kappa shape index (κ3) is 7.86. The van der Waals surface area contributed by atoms with Crippen LogP contribution in [0.5, 0.6) is 5.75 Å². The number of nitrogens with two attached hydrogens (primary N) is 1. The smallest absolute Gasteiger partial charge is 0.409 e. The molecule has 1 heterocycles. The number of benzene rings is 1. The van der Waals surface area contributed by atoms with E-state index in [-0.39, 0.29) is 36.1 Å². The summed E-state index contributed by atoms with van der Waals surface area (Å²) in [5.74, 6) is 1.10. The minimum atomic E-state index is -0.249. The Morgan fingerprint density at radius 3 is 2.81 bits per heavy atom. The molecule has 0 aromatic heterocycles. The van der Waals surface area contributed by atoms with Crippen molar-refractivity contribution in [2.45, 2.75) is 25.8 Å². The molecule has 1 saturated heterocycles. The van der Waals surface area contributed by atoms with Crippen molar-refractivity contribution >= 4 is 47.6 Å². The lowest BCUT2D eigenvalue weighted by atomic mass is 10.1. The molecular formula is C17H26ClIN4O3. The molecule has 146 valence electrons. The number of carbonyl (C=O) groups excluding carboxylic acids is 1. The third-order valence-electron chi connectivity index (χ3n) is 3.81. The monoisotopic (exact) mass is 496 g/mol. The number of hydrogen-bond donors (Lipinski definition) is 2. The summed E-state index contributed by atoms with van der Waals surface area (Å²) in [5.41, 5.74) is 5.91. The average molecular weight is 497 g/mol. The number of ether oxygens (including phenoxy) is 2. The van der Waals surface area contributed by atoms with Gasteiger partial charge in [0.15, 0.2) is 5.96 Å². The van der Waals surface area contributed by atoms with Gasteiger partial charge in [-0.1, -0.05) is 17.7 Å². The Morgan fingerprint density at radius 2 is 2.15 bits per heavy atom. The van der Waals surface area contributed by atoms with Crippen LogP contribution in [-0.4, -0.2) is 55.8 Å². The highest BCUT2D eigenvalue weighted by Gasteiger charge is 2.23. The van der Waals surface area contributed by atoms with E-state index in [1.165, 1.54) is 0 Å². The molecule has 1 aliphatic rings. The summed E-state index contributed by atoms with van der Waals surface area (Å²) in [4.78, 5) is 17.6. The number of piperidine rings is 1. The Bertz CT molecular complexity index is 595. The molecule has 7 nitrogen and oxygen atoms in total. The SMILES string of the molecule is CCOC(=O)N1CCC(NC(N)=NCCOc2cccc(Cl)c2)CC1.I. The van der Waals surface area contributed by atoms with Gasteiger partial charge in [0.25, 0.3) is 0 Å². The number of hydrogen-bond acceptors (Lipinski definition) is 4. The summed E-state index contributed by atoms with van der Waals surface area (Å²) in [6, 6.07) is 7.43. The predicted molar refractivity (Wildman–Crippen MR) is 114 cm³/mol. The second-order valence-electron chi connectivity index (χ2n) is 5.68. The predicted octanol–water partition coefficient (Wildman–Crippen LogP) is 2.86. The van der Waals surface area contributed by atoms with Crippen LogP contribution in [0.4, 0.5) is 4.79 Å². The molecule has 0 spiro atoms. The zero-order valence-corrected chi connectivity index (χ0v) is 17.9. The lowest BCUT2D eigenvalue weighted by Gasteiger charge is -2.31. The van der Waals surface area contributed by atoms with Gasteiger partial charge < -0.3 is 25.4 Å². The summed E-state index contributed by atoms with van der Waals surface area (Å²) in [5, 5.41) is 3.83. The minimum Gasteiger partial charge on any atom is -0.492 e. The van der Waals surface area contributed by atoms with Gasteiger partial charge in [0, 0.05) is 24.2 Å². The fourth-order valence-electron chi connectivity index (χ4n) is 2.56. The van der Waals surface area contributed by atoms with Gasteiger partial charge >= 0.3 is 6.09 Å². The Hall–Kier alpha value is -1.42. The lowest BCUT2D eigenvalue weighted by Crippen LogP contribution is -2.48. The maximum absolute atomic E-state index is 11.7.